The van der Waals surface area contributed by atoms with E-state index < -0.39 is 0 Å². The Hall–Kier alpha value is -1.94. The van der Waals surface area contributed by atoms with Gasteiger partial charge in [-0.1, -0.05) is 18.2 Å². The summed E-state index contributed by atoms with van der Waals surface area (Å²) in [7, 11) is 0. The maximum absolute atomic E-state index is 5.65. The average Bonchev–Trinajstić information content (AvgIpc) is 3.01. The molecule has 0 spiro atoms. The molecule has 1 aromatic carbocycles. The van der Waals surface area contributed by atoms with Gasteiger partial charge in [-0.05, 0) is 12.1 Å². The molecule has 2 aromatic heterocycles. The van der Waals surface area contributed by atoms with Crippen LogP contribution in [0.5, 0.6) is 0 Å². The molecule has 0 radical (unpaired) electrons. The lowest BCUT2D eigenvalue weighted by Crippen LogP contribution is -1.73. The highest BCUT2D eigenvalue weighted by Crippen LogP contribution is 2.26. The summed E-state index contributed by atoms with van der Waals surface area (Å²) >= 11 is 1.54. The molecule has 3 nitrogen and oxygen atoms in total. The number of hydrogen-bond acceptors (Lipinski definition) is 4. The SMILES string of the molecule is c1ccc(-c2ncc(-c3nccs3)o2)cc1. The second-order valence-electron chi connectivity index (χ2n) is 3.23. The van der Waals surface area contributed by atoms with Gasteiger partial charge in [-0.15, -0.1) is 11.3 Å². The topological polar surface area (TPSA) is 38.9 Å². The maximum Gasteiger partial charge on any atom is 0.226 e. The van der Waals surface area contributed by atoms with Crippen LogP contribution < -0.4 is 0 Å². The minimum Gasteiger partial charge on any atom is -0.434 e. The minimum absolute atomic E-state index is 0.630. The van der Waals surface area contributed by atoms with Gasteiger partial charge in [0.15, 0.2) is 10.8 Å². The summed E-state index contributed by atoms with van der Waals surface area (Å²) in [5.74, 6) is 1.35. The van der Waals surface area contributed by atoms with Crippen LogP contribution >= 0.6 is 11.3 Å². The lowest BCUT2D eigenvalue weighted by atomic mass is 10.2. The number of oxazole rings is 1. The smallest absolute Gasteiger partial charge is 0.226 e. The lowest BCUT2D eigenvalue weighted by molar-refractivity contribution is 0.588. The Morgan fingerprint density at radius 2 is 1.94 bits per heavy atom. The molecule has 3 rings (SSSR count). The predicted octanol–water partition coefficient (Wildman–Crippen LogP) is 3.47. The fourth-order valence-electron chi connectivity index (χ4n) is 1.43. The molecule has 0 saturated heterocycles. The molecule has 0 aliphatic rings. The molecule has 0 aliphatic carbocycles. The van der Waals surface area contributed by atoms with Gasteiger partial charge in [-0.25, -0.2) is 9.97 Å². The van der Waals surface area contributed by atoms with Crippen LogP contribution in [0.1, 0.15) is 0 Å². The molecule has 3 aromatic rings. The normalized spacial score (nSPS) is 10.5. The molecule has 78 valence electrons. The summed E-state index contributed by atoms with van der Waals surface area (Å²) in [6, 6.07) is 9.83. The third kappa shape index (κ3) is 1.63. The van der Waals surface area contributed by atoms with Crippen molar-refractivity contribution in [1.82, 2.24) is 9.97 Å². The number of thiazole rings is 1. The summed E-state index contributed by atoms with van der Waals surface area (Å²) in [4.78, 5) is 8.42. The van der Waals surface area contributed by atoms with Gasteiger partial charge >= 0.3 is 0 Å². The zero-order chi connectivity index (χ0) is 10.8. The second kappa shape index (κ2) is 3.90. The van der Waals surface area contributed by atoms with Gasteiger partial charge in [0, 0.05) is 17.1 Å². The van der Waals surface area contributed by atoms with Crippen molar-refractivity contribution in [3.63, 3.8) is 0 Å². The number of hydrogen-bond donors (Lipinski definition) is 0. The van der Waals surface area contributed by atoms with Crippen LogP contribution in [0.15, 0.2) is 52.5 Å². The third-order valence-electron chi connectivity index (χ3n) is 2.17. The van der Waals surface area contributed by atoms with Crippen molar-refractivity contribution in [3.8, 4) is 22.2 Å². The van der Waals surface area contributed by atoms with Crippen molar-refractivity contribution in [2.45, 2.75) is 0 Å². The van der Waals surface area contributed by atoms with Gasteiger partial charge in [0.05, 0.1) is 6.20 Å². The Balaban J connectivity index is 2.00. The van der Waals surface area contributed by atoms with Crippen LogP contribution in [0.25, 0.3) is 22.2 Å². The lowest BCUT2D eigenvalue weighted by Gasteiger charge is -1.92. The van der Waals surface area contributed by atoms with Crippen LogP contribution in [0, 0.1) is 0 Å². The first kappa shape index (κ1) is 9.30. The van der Waals surface area contributed by atoms with Gasteiger partial charge < -0.3 is 4.42 Å². The summed E-state index contributed by atoms with van der Waals surface area (Å²) in [5, 5.41) is 2.77. The summed E-state index contributed by atoms with van der Waals surface area (Å²) < 4.78 is 5.65. The molecular weight excluding hydrogens is 220 g/mol. The van der Waals surface area contributed by atoms with Crippen molar-refractivity contribution in [3.05, 3.63) is 48.1 Å². The summed E-state index contributed by atoms with van der Waals surface area (Å²) in [6.07, 6.45) is 3.46. The molecule has 16 heavy (non-hydrogen) atoms. The molecule has 0 unspecified atom stereocenters. The molecule has 0 saturated carbocycles. The molecule has 2 heterocycles. The first-order valence-corrected chi connectivity index (χ1v) is 5.72. The highest BCUT2D eigenvalue weighted by atomic mass is 32.1. The number of nitrogens with zero attached hydrogens (tertiary/aromatic N) is 2. The van der Waals surface area contributed by atoms with E-state index in [1.54, 1.807) is 12.4 Å². The molecule has 0 bridgehead atoms. The minimum atomic E-state index is 0.630. The third-order valence-corrected chi connectivity index (χ3v) is 2.96. The number of rotatable bonds is 2. The second-order valence-corrected chi connectivity index (χ2v) is 4.13. The Labute approximate surface area is 96.4 Å². The molecule has 0 atom stereocenters. The number of aromatic nitrogens is 2. The van der Waals surface area contributed by atoms with E-state index in [-0.39, 0.29) is 0 Å². The van der Waals surface area contributed by atoms with Crippen molar-refractivity contribution >= 4 is 11.3 Å². The Bertz CT molecular complexity index is 572. The van der Waals surface area contributed by atoms with Crippen LogP contribution in [0.2, 0.25) is 0 Å². The fraction of sp³-hybridized carbons (Fsp3) is 0. The van der Waals surface area contributed by atoms with Crippen LogP contribution in [0.3, 0.4) is 0 Å². The Kier molecular flexibility index (Phi) is 2.27. The fourth-order valence-corrected chi connectivity index (χ4v) is 2.02. The van der Waals surface area contributed by atoms with Crippen molar-refractivity contribution in [2.75, 3.05) is 0 Å². The standard InChI is InChI=1S/C12H8N2OS/c1-2-4-9(5-3-1)11-14-8-10(15-11)12-13-6-7-16-12/h1-8H. The summed E-state index contributed by atoms with van der Waals surface area (Å²) in [5.41, 5.74) is 0.977. The van der Waals surface area contributed by atoms with Crippen LogP contribution in [-0.4, -0.2) is 9.97 Å². The molecule has 0 aliphatic heterocycles. The maximum atomic E-state index is 5.65. The quantitative estimate of drug-likeness (QED) is 0.674. The van der Waals surface area contributed by atoms with E-state index in [0.29, 0.717) is 11.7 Å². The molecule has 0 fully saturated rings. The van der Waals surface area contributed by atoms with E-state index in [1.165, 1.54) is 11.3 Å². The van der Waals surface area contributed by atoms with Crippen molar-refractivity contribution < 1.29 is 4.42 Å². The van der Waals surface area contributed by atoms with Crippen molar-refractivity contribution in [2.24, 2.45) is 0 Å². The first-order chi connectivity index (χ1) is 7.93. The van der Waals surface area contributed by atoms with E-state index in [2.05, 4.69) is 9.97 Å². The average molecular weight is 228 g/mol. The Morgan fingerprint density at radius 3 is 2.69 bits per heavy atom. The summed E-state index contributed by atoms with van der Waals surface area (Å²) in [6.45, 7) is 0. The zero-order valence-electron chi connectivity index (χ0n) is 8.33. The Morgan fingerprint density at radius 1 is 1.06 bits per heavy atom. The van der Waals surface area contributed by atoms with Crippen molar-refractivity contribution in [1.29, 1.82) is 0 Å². The predicted molar refractivity (Wildman–Crippen MR) is 63.0 cm³/mol. The largest absolute Gasteiger partial charge is 0.434 e. The number of benzene rings is 1. The van der Waals surface area contributed by atoms with E-state index >= 15 is 0 Å². The first-order valence-electron chi connectivity index (χ1n) is 4.84. The van der Waals surface area contributed by atoms with Crippen LogP contribution in [-0.2, 0) is 0 Å². The zero-order valence-corrected chi connectivity index (χ0v) is 9.15. The van der Waals surface area contributed by atoms with Gasteiger partial charge in [0.1, 0.15) is 0 Å². The molecule has 4 heteroatoms. The van der Waals surface area contributed by atoms with E-state index in [4.69, 9.17) is 4.42 Å². The van der Waals surface area contributed by atoms with E-state index in [9.17, 15) is 0 Å². The van der Waals surface area contributed by atoms with Gasteiger partial charge in [-0.2, -0.15) is 0 Å². The molecule has 0 amide bonds. The highest BCUT2D eigenvalue weighted by Gasteiger charge is 2.09. The van der Waals surface area contributed by atoms with Gasteiger partial charge in [0.25, 0.3) is 0 Å². The van der Waals surface area contributed by atoms with Gasteiger partial charge in [-0.3, -0.25) is 0 Å². The van der Waals surface area contributed by atoms with Crippen LogP contribution in [0.4, 0.5) is 0 Å². The van der Waals surface area contributed by atoms with Gasteiger partial charge in [0.2, 0.25) is 5.89 Å². The monoisotopic (exact) mass is 228 g/mol. The highest BCUT2D eigenvalue weighted by molar-refractivity contribution is 7.13. The molecular formula is C12H8N2OS. The molecule has 0 N–H and O–H groups in total. The van der Waals surface area contributed by atoms with E-state index in [1.807, 2.05) is 35.7 Å². The van der Waals surface area contributed by atoms with E-state index in [0.717, 1.165) is 10.6 Å².